The zero-order chi connectivity index (χ0) is 26.2. The minimum absolute atomic E-state index is 0.284. The highest BCUT2D eigenvalue weighted by atomic mass is 32.2. The topological polar surface area (TPSA) is 116 Å². The quantitative estimate of drug-likeness (QED) is 0.263. The number of nitrogens with zero attached hydrogens (tertiary/aromatic N) is 3. The molecule has 0 amide bonds. The summed E-state index contributed by atoms with van der Waals surface area (Å²) in [5.74, 6) is 0. The molecule has 0 atom stereocenters. The average Bonchev–Trinajstić information content (AvgIpc) is 3.42. The molecule has 0 unspecified atom stereocenters. The maximum absolute atomic E-state index is 10.7. The van der Waals surface area contributed by atoms with Crippen molar-refractivity contribution >= 4 is 43.3 Å². The van der Waals surface area contributed by atoms with Crippen LogP contribution in [0.5, 0.6) is 0 Å². The summed E-state index contributed by atoms with van der Waals surface area (Å²) in [4.78, 5) is 36.0. The van der Waals surface area contributed by atoms with Crippen LogP contribution in [0.2, 0.25) is 0 Å². The van der Waals surface area contributed by atoms with Gasteiger partial charge >= 0.3 is 0 Å². The standard InChI is InChI=1S/C11H12N2O2.C11H15NS.CH5N.CH4O.CH2O/c1-13(6-7-14)9-12-11-5-3-2-4-10(11)8-15;1-10-4-6-11(7-5-10)13-12-8-2-3-9-12;3*1-2/h2-5,7-9H,6H2,1H3;4-7H,2-3,8-9H2,1H3;2H2,1H3;2H,1H3;1H2. The minimum atomic E-state index is 0.284. The maximum atomic E-state index is 10.7. The van der Waals surface area contributed by atoms with Gasteiger partial charge in [-0.2, -0.15) is 0 Å². The van der Waals surface area contributed by atoms with Crippen molar-refractivity contribution in [2.75, 3.05) is 40.8 Å². The number of aliphatic hydroxyl groups is 1. The van der Waals surface area contributed by atoms with Crippen LogP contribution in [-0.4, -0.2) is 80.9 Å². The van der Waals surface area contributed by atoms with E-state index in [2.05, 4.69) is 46.2 Å². The second-order valence-electron chi connectivity index (χ2n) is 6.57. The Hall–Kier alpha value is -2.85. The first-order valence-electron chi connectivity index (χ1n) is 10.7. The number of benzene rings is 2. The van der Waals surface area contributed by atoms with Gasteiger partial charge in [-0.1, -0.05) is 29.8 Å². The van der Waals surface area contributed by atoms with Crippen LogP contribution in [0, 0.1) is 6.92 Å². The number of aldehydes is 2. The lowest BCUT2D eigenvalue weighted by Crippen LogP contribution is -2.17. The van der Waals surface area contributed by atoms with Gasteiger partial charge < -0.3 is 25.3 Å². The first-order chi connectivity index (χ1) is 16.6. The van der Waals surface area contributed by atoms with Crippen LogP contribution >= 0.6 is 11.9 Å². The van der Waals surface area contributed by atoms with Gasteiger partial charge in [-0.15, -0.1) is 0 Å². The Morgan fingerprint density at radius 1 is 1.06 bits per heavy atom. The third-order valence-corrected chi connectivity index (χ3v) is 5.25. The molecule has 1 saturated heterocycles. The van der Waals surface area contributed by atoms with E-state index in [1.807, 2.05) is 18.7 Å². The van der Waals surface area contributed by atoms with Crippen LogP contribution in [0.15, 0.2) is 58.4 Å². The van der Waals surface area contributed by atoms with Gasteiger partial charge in [0.15, 0.2) is 6.29 Å². The van der Waals surface area contributed by atoms with Crippen LogP contribution in [0.25, 0.3) is 0 Å². The normalized spacial score (nSPS) is 11.8. The summed E-state index contributed by atoms with van der Waals surface area (Å²) >= 11 is 1.89. The molecule has 9 heteroatoms. The molecule has 188 valence electrons. The lowest BCUT2D eigenvalue weighted by Gasteiger charge is -2.12. The fourth-order valence-corrected chi connectivity index (χ4v) is 3.55. The van der Waals surface area contributed by atoms with E-state index in [0.29, 0.717) is 11.3 Å². The van der Waals surface area contributed by atoms with Gasteiger partial charge in [-0.25, -0.2) is 9.30 Å². The Bertz CT molecular complexity index is 798. The molecule has 1 aliphatic rings. The van der Waals surface area contributed by atoms with E-state index in [0.717, 1.165) is 19.7 Å². The Kier molecular flexibility index (Phi) is 22.8. The van der Waals surface area contributed by atoms with Gasteiger partial charge in [0.05, 0.1) is 18.6 Å². The molecule has 0 bridgehead atoms. The van der Waals surface area contributed by atoms with Gasteiger partial charge in [0, 0.05) is 37.7 Å². The Morgan fingerprint density at radius 2 is 1.62 bits per heavy atom. The highest BCUT2D eigenvalue weighted by Gasteiger charge is 2.12. The van der Waals surface area contributed by atoms with Crippen molar-refractivity contribution in [3.8, 4) is 0 Å². The average molecular weight is 491 g/mol. The van der Waals surface area contributed by atoms with Crippen molar-refractivity contribution < 1.29 is 19.5 Å². The molecule has 0 aromatic heterocycles. The van der Waals surface area contributed by atoms with Gasteiger partial charge in [0.2, 0.25) is 0 Å². The molecule has 0 spiro atoms. The Morgan fingerprint density at radius 3 is 2.15 bits per heavy atom. The molecule has 34 heavy (non-hydrogen) atoms. The van der Waals surface area contributed by atoms with Crippen molar-refractivity contribution in [1.29, 1.82) is 0 Å². The minimum Gasteiger partial charge on any atom is -0.400 e. The van der Waals surface area contributed by atoms with E-state index in [1.165, 1.54) is 49.8 Å². The van der Waals surface area contributed by atoms with Gasteiger partial charge in [0.25, 0.3) is 0 Å². The molecule has 1 heterocycles. The monoisotopic (exact) mass is 490 g/mol. The SMILES string of the molecule is C=O.CN.CN(C=Nc1ccccc1C=O)CC=O.CO.Cc1ccc(SN2CCCC2)cc1. The van der Waals surface area contributed by atoms with E-state index < -0.39 is 0 Å². The number of rotatable bonds is 7. The number of nitrogens with two attached hydrogens (primary N) is 1. The zero-order valence-corrected chi connectivity index (χ0v) is 21.4. The van der Waals surface area contributed by atoms with E-state index >= 15 is 0 Å². The van der Waals surface area contributed by atoms with Crippen molar-refractivity contribution in [3.05, 3.63) is 59.7 Å². The van der Waals surface area contributed by atoms with Crippen molar-refractivity contribution in [1.82, 2.24) is 9.21 Å². The van der Waals surface area contributed by atoms with E-state index in [-0.39, 0.29) is 6.54 Å². The first kappa shape index (κ1) is 33.3. The van der Waals surface area contributed by atoms with Crippen LogP contribution in [0.1, 0.15) is 28.8 Å². The van der Waals surface area contributed by atoms with E-state index in [4.69, 9.17) is 9.90 Å². The summed E-state index contributed by atoms with van der Waals surface area (Å²) in [6.07, 6.45) is 5.79. The summed E-state index contributed by atoms with van der Waals surface area (Å²) in [6.45, 7) is 6.91. The number of likely N-dealkylation sites (N-methyl/N-ethyl adjacent to an activating group) is 1. The molecule has 0 aliphatic carbocycles. The number of aliphatic imine (C=N–C) groups is 1. The van der Waals surface area contributed by atoms with Crippen molar-refractivity contribution in [2.24, 2.45) is 10.7 Å². The van der Waals surface area contributed by atoms with Gasteiger partial charge in [-0.05, 0) is 63.0 Å². The maximum Gasteiger partial charge on any atom is 0.152 e. The summed E-state index contributed by atoms with van der Waals surface area (Å²) in [5, 5.41) is 7.00. The predicted molar refractivity (Wildman–Crippen MR) is 142 cm³/mol. The molecule has 1 aliphatic heterocycles. The fourth-order valence-electron chi connectivity index (χ4n) is 2.56. The molecule has 3 N–H and O–H groups in total. The lowest BCUT2D eigenvalue weighted by atomic mass is 10.2. The molecule has 1 fully saturated rings. The Balaban J connectivity index is 0. The smallest absolute Gasteiger partial charge is 0.152 e. The van der Waals surface area contributed by atoms with Crippen molar-refractivity contribution in [2.45, 2.75) is 24.7 Å². The van der Waals surface area contributed by atoms with E-state index in [1.54, 1.807) is 36.2 Å². The first-order valence-corrected chi connectivity index (χ1v) is 11.4. The largest absolute Gasteiger partial charge is 0.400 e. The summed E-state index contributed by atoms with van der Waals surface area (Å²) in [5.41, 5.74) is 6.98. The zero-order valence-electron chi connectivity index (χ0n) is 20.6. The Labute approximate surface area is 208 Å². The van der Waals surface area contributed by atoms with Crippen LogP contribution in [-0.2, 0) is 9.59 Å². The number of para-hydroxylation sites is 1. The second-order valence-corrected chi connectivity index (χ2v) is 7.74. The third kappa shape index (κ3) is 15.1. The molecular formula is C25H38N4O4S. The van der Waals surface area contributed by atoms with Crippen LogP contribution < -0.4 is 5.73 Å². The van der Waals surface area contributed by atoms with Gasteiger partial charge in [-0.3, -0.25) is 4.79 Å². The number of aliphatic hydroxyl groups excluding tert-OH is 1. The van der Waals surface area contributed by atoms with E-state index in [9.17, 15) is 9.59 Å². The number of hydrogen-bond acceptors (Lipinski definition) is 8. The molecule has 2 aromatic carbocycles. The molecule has 8 nitrogen and oxygen atoms in total. The molecule has 2 aromatic rings. The van der Waals surface area contributed by atoms with Crippen LogP contribution in [0.3, 0.4) is 0 Å². The summed E-state index contributed by atoms with van der Waals surface area (Å²) < 4.78 is 2.45. The second kappa shape index (κ2) is 23.3. The van der Waals surface area contributed by atoms with Gasteiger partial charge in [0.1, 0.15) is 13.1 Å². The molecule has 3 rings (SSSR count). The molecule has 0 radical (unpaired) electrons. The summed E-state index contributed by atoms with van der Waals surface area (Å²) in [6, 6.07) is 15.8. The number of hydrogen-bond donors (Lipinski definition) is 2. The molecule has 0 saturated carbocycles. The molecular weight excluding hydrogens is 452 g/mol. The highest BCUT2D eigenvalue weighted by Crippen LogP contribution is 2.26. The number of carbonyl (C=O) groups is 3. The third-order valence-electron chi connectivity index (χ3n) is 4.14. The predicted octanol–water partition coefficient (Wildman–Crippen LogP) is 3.39. The van der Waals surface area contributed by atoms with Crippen molar-refractivity contribution in [3.63, 3.8) is 0 Å². The van der Waals surface area contributed by atoms with Crippen LogP contribution in [0.4, 0.5) is 5.69 Å². The number of aryl methyl sites for hydroxylation is 1. The summed E-state index contributed by atoms with van der Waals surface area (Å²) in [7, 11) is 4.24. The highest BCUT2D eigenvalue weighted by molar-refractivity contribution is 7.97. The fraction of sp³-hybridized carbons (Fsp3) is 0.360. The lowest BCUT2D eigenvalue weighted by molar-refractivity contribution is -0.108. The number of carbonyl (C=O) groups excluding carboxylic acids is 3.